The van der Waals surface area contributed by atoms with Gasteiger partial charge in [-0.05, 0) is 6.26 Å². The summed E-state index contributed by atoms with van der Waals surface area (Å²) in [6.45, 7) is 0. The Morgan fingerprint density at radius 3 is 2.14 bits per heavy atom. The zero-order valence-electron chi connectivity index (χ0n) is 3.84. The van der Waals surface area contributed by atoms with E-state index in [0.717, 1.165) is 11.8 Å². The van der Waals surface area contributed by atoms with Crippen molar-refractivity contribution in [3.05, 3.63) is 0 Å². The Kier molecular flexibility index (Phi) is 2.63. The van der Waals surface area contributed by atoms with Gasteiger partial charge in [0.15, 0.2) is 0 Å². The monoisotopic (exact) mass is 140 g/mol. The minimum atomic E-state index is -3.46. The largest absolute Gasteiger partial charge is 0.234 e. The summed E-state index contributed by atoms with van der Waals surface area (Å²) in [4.78, 5) is 0. The van der Waals surface area contributed by atoms with E-state index >= 15 is 0 Å². The van der Waals surface area contributed by atoms with E-state index in [9.17, 15) is 8.42 Å². The molecule has 0 amide bonds. The second-order valence-corrected chi connectivity index (χ2v) is 3.77. The first-order chi connectivity index (χ1) is 3.06. The summed E-state index contributed by atoms with van der Waals surface area (Å²) in [6, 6.07) is 0. The summed E-state index contributed by atoms with van der Waals surface area (Å²) in [5.41, 5.74) is 0. The van der Waals surface area contributed by atoms with Crippen LogP contribution in [0, 0.1) is 0 Å². The van der Waals surface area contributed by atoms with E-state index in [4.69, 9.17) is 5.14 Å². The van der Waals surface area contributed by atoms with Crippen molar-refractivity contribution in [2.75, 3.05) is 11.3 Å². The van der Waals surface area contributed by atoms with Crippen LogP contribution in [0.5, 0.6) is 0 Å². The average Bonchev–Trinajstić information content (AvgIpc) is 1.30. The Morgan fingerprint density at radius 2 is 2.14 bits per heavy atom. The van der Waals surface area contributed by atoms with Crippen molar-refractivity contribution < 1.29 is 8.42 Å². The van der Waals surface area contributed by atoms with Crippen LogP contribution < -0.4 is 5.14 Å². The van der Waals surface area contributed by atoms with Crippen LogP contribution in [0.25, 0.3) is 0 Å². The Balaban J connectivity index is 3.60. The molecule has 0 atom stereocenters. The lowest BCUT2D eigenvalue weighted by Crippen LogP contribution is -2.01. The van der Waals surface area contributed by atoms with Gasteiger partial charge in [0.2, 0.25) is 10.0 Å². The first kappa shape index (κ1) is 7.26. The molecule has 0 spiro atoms. The van der Waals surface area contributed by atoms with Gasteiger partial charge in [0, 0.05) is 0 Å². The molecular formula is C2H6NO2S2. The van der Waals surface area contributed by atoms with E-state index in [-0.39, 0.29) is 5.08 Å². The molecule has 5 heteroatoms. The molecular weight excluding hydrogens is 134 g/mol. The highest BCUT2D eigenvalue weighted by Crippen LogP contribution is 1.94. The van der Waals surface area contributed by atoms with Crippen molar-refractivity contribution in [2.45, 2.75) is 0 Å². The maximum atomic E-state index is 9.88. The van der Waals surface area contributed by atoms with Gasteiger partial charge in [0.1, 0.15) is 5.08 Å². The van der Waals surface area contributed by atoms with Crippen LogP contribution in [0.3, 0.4) is 0 Å². The smallest absolute Gasteiger partial charge is 0.210 e. The molecule has 0 saturated heterocycles. The van der Waals surface area contributed by atoms with Gasteiger partial charge in [-0.25, -0.2) is 8.42 Å². The van der Waals surface area contributed by atoms with Crippen LogP contribution in [-0.2, 0) is 10.0 Å². The number of sulfonamides is 1. The molecule has 0 heterocycles. The van der Waals surface area contributed by atoms with E-state index in [0.29, 0.717) is 0 Å². The second kappa shape index (κ2) is 2.54. The van der Waals surface area contributed by atoms with Crippen molar-refractivity contribution in [1.29, 1.82) is 0 Å². The summed E-state index contributed by atoms with van der Waals surface area (Å²) >= 11 is 1.13. The first-order valence-corrected chi connectivity index (χ1v) is 4.57. The van der Waals surface area contributed by atoms with Crippen molar-refractivity contribution in [2.24, 2.45) is 0 Å². The Morgan fingerprint density at radius 1 is 1.71 bits per heavy atom. The molecule has 3 nitrogen and oxygen atoms in total. The van der Waals surface area contributed by atoms with E-state index in [1.165, 1.54) is 0 Å². The SMILES string of the molecule is CSCS([NH])(=O)=O. The summed E-state index contributed by atoms with van der Waals surface area (Å²) in [6.07, 6.45) is 1.64. The fourth-order valence-corrected chi connectivity index (χ4v) is 1.40. The molecule has 0 aliphatic carbocycles. The van der Waals surface area contributed by atoms with Gasteiger partial charge >= 0.3 is 0 Å². The molecule has 7 heavy (non-hydrogen) atoms. The quantitative estimate of drug-likeness (QED) is 0.539. The van der Waals surface area contributed by atoms with Gasteiger partial charge in [0.25, 0.3) is 0 Å². The molecule has 43 valence electrons. The summed E-state index contributed by atoms with van der Waals surface area (Å²) in [5.74, 6) is 0. The molecule has 0 bridgehead atoms. The Hall–Kier alpha value is 0.260. The van der Waals surface area contributed by atoms with Gasteiger partial charge in [-0.2, -0.15) is 0 Å². The highest BCUT2D eigenvalue weighted by atomic mass is 32.3. The third-order valence-electron chi connectivity index (χ3n) is 0.273. The van der Waals surface area contributed by atoms with E-state index in [1.807, 2.05) is 0 Å². The van der Waals surface area contributed by atoms with Crippen LogP contribution in [0.15, 0.2) is 0 Å². The predicted octanol–water partition coefficient (Wildman–Crippen LogP) is -0.0804. The molecule has 0 aliphatic heterocycles. The van der Waals surface area contributed by atoms with E-state index < -0.39 is 10.0 Å². The van der Waals surface area contributed by atoms with Crippen LogP contribution in [0.1, 0.15) is 0 Å². The zero-order chi connectivity index (χ0) is 5.91. The summed E-state index contributed by atoms with van der Waals surface area (Å²) in [7, 11) is -3.46. The zero-order valence-corrected chi connectivity index (χ0v) is 5.47. The van der Waals surface area contributed by atoms with Gasteiger partial charge < -0.3 is 0 Å². The minimum Gasteiger partial charge on any atom is -0.210 e. The molecule has 0 saturated carbocycles. The molecule has 1 N–H and O–H groups in total. The lowest BCUT2D eigenvalue weighted by molar-refractivity contribution is 0.601. The number of nitrogens with one attached hydrogen (secondary N) is 1. The van der Waals surface area contributed by atoms with Crippen molar-refractivity contribution in [3.8, 4) is 0 Å². The number of hydrogen-bond donors (Lipinski definition) is 0. The Labute approximate surface area is 47.3 Å². The van der Waals surface area contributed by atoms with E-state index in [1.54, 1.807) is 6.26 Å². The molecule has 0 aromatic rings. The fourth-order valence-electron chi connectivity index (χ4n) is 0.155. The molecule has 0 rings (SSSR count). The molecule has 0 aliphatic rings. The molecule has 1 radical (unpaired) electrons. The lowest BCUT2D eigenvalue weighted by atomic mass is 11.9. The maximum Gasteiger partial charge on any atom is 0.234 e. The predicted molar refractivity (Wildman–Crippen MR) is 30.4 cm³/mol. The third kappa shape index (κ3) is 6.26. The van der Waals surface area contributed by atoms with Gasteiger partial charge in [0.05, 0.1) is 0 Å². The number of hydrogen-bond acceptors (Lipinski definition) is 3. The second-order valence-electron chi connectivity index (χ2n) is 1.02. The van der Waals surface area contributed by atoms with Crippen LogP contribution in [0.2, 0.25) is 0 Å². The third-order valence-corrected chi connectivity index (χ3v) is 2.46. The highest BCUT2D eigenvalue weighted by Gasteiger charge is 1.97. The highest BCUT2D eigenvalue weighted by molar-refractivity contribution is 8.11. The maximum absolute atomic E-state index is 9.88. The summed E-state index contributed by atoms with van der Waals surface area (Å²) in [5, 5.41) is 6.18. The van der Waals surface area contributed by atoms with Gasteiger partial charge in [-0.3, -0.25) is 0 Å². The minimum absolute atomic E-state index is 0.104. The van der Waals surface area contributed by atoms with Gasteiger partial charge in [-0.1, -0.05) is 0 Å². The topological polar surface area (TPSA) is 57.9 Å². The van der Waals surface area contributed by atoms with E-state index in [2.05, 4.69) is 0 Å². The first-order valence-electron chi connectivity index (χ1n) is 1.52. The van der Waals surface area contributed by atoms with Gasteiger partial charge in [-0.15, -0.1) is 16.9 Å². The van der Waals surface area contributed by atoms with Crippen LogP contribution in [0.4, 0.5) is 0 Å². The van der Waals surface area contributed by atoms with Crippen LogP contribution in [-0.4, -0.2) is 19.8 Å². The van der Waals surface area contributed by atoms with Crippen molar-refractivity contribution >= 4 is 21.8 Å². The molecule has 0 aromatic heterocycles. The molecule has 0 fully saturated rings. The molecule has 0 aromatic carbocycles. The van der Waals surface area contributed by atoms with Crippen molar-refractivity contribution in [3.63, 3.8) is 0 Å². The average molecular weight is 140 g/mol. The summed E-state index contributed by atoms with van der Waals surface area (Å²) < 4.78 is 19.8. The number of thioether (sulfide) groups is 1. The standard InChI is InChI=1S/C2H6NO2S2/c1-6-2-7(3,4)5/h3H,2H2,1H3. The number of rotatable bonds is 2. The fraction of sp³-hybridized carbons (Fsp3) is 1.00. The molecule has 0 unspecified atom stereocenters. The lowest BCUT2D eigenvalue weighted by Gasteiger charge is -1.86. The van der Waals surface area contributed by atoms with Crippen LogP contribution >= 0.6 is 11.8 Å². The van der Waals surface area contributed by atoms with Crippen molar-refractivity contribution in [1.82, 2.24) is 5.14 Å². The Bertz CT molecular complexity index is 127. The normalized spacial score (nSPS) is 11.7.